The molecule has 0 radical (unpaired) electrons. The number of urea groups is 1. The van der Waals surface area contributed by atoms with Gasteiger partial charge in [-0.05, 0) is 41.5 Å². The zero-order valence-electron chi connectivity index (χ0n) is 20.3. The van der Waals surface area contributed by atoms with Crippen LogP contribution in [0.5, 0.6) is 11.6 Å². The van der Waals surface area contributed by atoms with Crippen LogP contribution in [0.3, 0.4) is 0 Å². The first-order valence-electron chi connectivity index (χ1n) is 12.0. The number of ether oxygens (including phenoxy) is 2. The zero-order chi connectivity index (χ0) is 26.5. The Bertz CT molecular complexity index is 1410. The average Bonchev–Trinajstić information content (AvgIpc) is 3.31. The van der Waals surface area contributed by atoms with E-state index in [0.29, 0.717) is 30.8 Å². The Labute approximate surface area is 216 Å². The summed E-state index contributed by atoms with van der Waals surface area (Å²) >= 11 is 0. The molecule has 38 heavy (non-hydrogen) atoms. The molecular formula is C26H26F2N6O4. The molecule has 2 amide bonds. The van der Waals surface area contributed by atoms with E-state index >= 15 is 0 Å². The number of halogens is 2. The standard InChI is InChI=1S/C26H26F2N6O4/c27-19-3-1-17(2-4-19)13-23(35)32-26(36)31-20-5-6-22(21(28)14-20)38-25-24-18(7-8-34(24)30-16-29-25)15-33-9-11-37-12-10-33/h1-8,14,16,23,35H,9-13,15H2,(H2,31,32,36). The SMILES string of the molecule is O=C(Nc1ccc(Oc2ncnn3ccc(CN4CCOCC4)c23)c(F)c1)NC(O)Cc1ccc(F)cc1. The first kappa shape index (κ1) is 25.5. The van der Waals surface area contributed by atoms with E-state index in [4.69, 9.17) is 9.47 Å². The van der Waals surface area contributed by atoms with Gasteiger partial charge in [0.15, 0.2) is 11.6 Å². The molecule has 1 saturated heterocycles. The number of rotatable bonds is 8. The number of nitrogens with one attached hydrogen (secondary N) is 2. The van der Waals surface area contributed by atoms with Crippen molar-refractivity contribution in [3.8, 4) is 11.6 Å². The number of amides is 2. The van der Waals surface area contributed by atoms with Crippen LogP contribution < -0.4 is 15.4 Å². The zero-order valence-corrected chi connectivity index (χ0v) is 20.3. The minimum absolute atomic E-state index is 0.0774. The summed E-state index contributed by atoms with van der Waals surface area (Å²) in [5, 5.41) is 19.1. The van der Waals surface area contributed by atoms with Crippen molar-refractivity contribution in [2.24, 2.45) is 0 Å². The molecule has 12 heteroatoms. The molecule has 1 unspecified atom stereocenters. The highest BCUT2D eigenvalue weighted by Gasteiger charge is 2.18. The lowest BCUT2D eigenvalue weighted by Crippen LogP contribution is -2.39. The van der Waals surface area contributed by atoms with Gasteiger partial charge < -0.3 is 25.2 Å². The quantitative estimate of drug-likeness (QED) is 0.303. The molecule has 1 aliphatic rings. The summed E-state index contributed by atoms with van der Waals surface area (Å²) in [7, 11) is 0. The average molecular weight is 525 g/mol. The molecule has 3 heterocycles. The number of aromatic nitrogens is 3. The number of hydrogen-bond donors (Lipinski definition) is 3. The van der Waals surface area contributed by atoms with E-state index in [9.17, 15) is 18.7 Å². The minimum Gasteiger partial charge on any atom is -0.434 e. The third kappa shape index (κ3) is 6.22. The number of aliphatic hydroxyl groups is 1. The van der Waals surface area contributed by atoms with Crippen LogP contribution in [0.1, 0.15) is 11.1 Å². The summed E-state index contributed by atoms with van der Waals surface area (Å²) in [6, 6.07) is 10.7. The fourth-order valence-electron chi connectivity index (χ4n) is 4.17. The number of fused-ring (bicyclic) bond motifs is 1. The number of anilines is 1. The molecule has 4 aromatic rings. The fourth-order valence-corrected chi connectivity index (χ4v) is 4.17. The Morgan fingerprint density at radius 3 is 2.68 bits per heavy atom. The van der Waals surface area contributed by atoms with E-state index in [1.807, 2.05) is 6.07 Å². The van der Waals surface area contributed by atoms with Crippen LogP contribution in [0.4, 0.5) is 19.3 Å². The number of nitrogens with zero attached hydrogens (tertiary/aromatic N) is 4. The maximum Gasteiger partial charge on any atom is 0.321 e. The molecule has 1 aliphatic heterocycles. The van der Waals surface area contributed by atoms with Gasteiger partial charge in [-0.2, -0.15) is 10.1 Å². The second-order valence-corrected chi connectivity index (χ2v) is 8.78. The number of morpholine rings is 1. The van der Waals surface area contributed by atoms with E-state index < -0.39 is 23.9 Å². The van der Waals surface area contributed by atoms with Crippen molar-refractivity contribution in [1.29, 1.82) is 0 Å². The van der Waals surface area contributed by atoms with Crippen LogP contribution in [-0.4, -0.2) is 63.2 Å². The molecule has 1 atom stereocenters. The number of carbonyl (C=O) groups is 1. The second-order valence-electron chi connectivity index (χ2n) is 8.78. The van der Waals surface area contributed by atoms with Gasteiger partial charge in [-0.25, -0.2) is 18.1 Å². The normalized spacial score (nSPS) is 14.8. The molecule has 198 valence electrons. The second kappa shape index (κ2) is 11.5. The van der Waals surface area contributed by atoms with Gasteiger partial charge in [0.25, 0.3) is 0 Å². The van der Waals surface area contributed by atoms with Crippen molar-refractivity contribution in [2.75, 3.05) is 31.6 Å². The largest absolute Gasteiger partial charge is 0.434 e. The Kier molecular flexibility index (Phi) is 7.73. The fraction of sp³-hybridized carbons (Fsp3) is 0.269. The van der Waals surface area contributed by atoms with Gasteiger partial charge >= 0.3 is 6.03 Å². The molecule has 0 saturated carbocycles. The van der Waals surface area contributed by atoms with E-state index in [-0.39, 0.29) is 23.7 Å². The van der Waals surface area contributed by atoms with Crippen LogP contribution in [0.2, 0.25) is 0 Å². The Morgan fingerprint density at radius 1 is 1.13 bits per heavy atom. The summed E-state index contributed by atoms with van der Waals surface area (Å²) in [5.74, 6) is -0.983. The van der Waals surface area contributed by atoms with E-state index in [1.165, 1.54) is 42.7 Å². The highest BCUT2D eigenvalue weighted by Crippen LogP contribution is 2.30. The van der Waals surface area contributed by atoms with Crippen molar-refractivity contribution in [2.45, 2.75) is 19.2 Å². The molecule has 3 N–H and O–H groups in total. The van der Waals surface area contributed by atoms with Crippen LogP contribution in [0.25, 0.3) is 5.52 Å². The number of aliphatic hydroxyl groups excluding tert-OH is 1. The van der Waals surface area contributed by atoms with Crippen LogP contribution in [0.15, 0.2) is 61.1 Å². The summed E-state index contributed by atoms with van der Waals surface area (Å²) in [6.45, 7) is 3.60. The summed E-state index contributed by atoms with van der Waals surface area (Å²) < 4.78 is 40.8. The number of benzene rings is 2. The molecular weight excluding hydrogens is 498 g/mol. The lowest BCUT2D eigenvalue weighted by molar-refractivity contribution is 0.0343. The maximum absolute atomic E-state index is 14.9. The van der Waals surface area contributed by atoms with Gasteiger partial charge in [-0.3, -0.25) is 4.90 Å². The smallest absolute Gasteiger partial charge is 0.321 e. The topological polar surface area (TPSA) is 113 Å². The highest BCUT2D eigenvalue weighted by molar-refractivity contribution is 5.89. The predicted molar refractivity (Wildman–Crippen MR) is 134 cm³/mol. The van der Waals surface area contributed by atoms with Crippen LogP contribution in [-0.2, 0) is 17.7 Å². The molecule has 0 aliphatic carbocycles. The molecule has 5 rings (SSSR count). The van der Waals surface area contributed by atoms with Crippen molar-refractivity contribution in [1.82, 2.24) is 24.8 Å². The van der Waals surface area contributed by atoms with Crippen molar-refractivity contribution in [3.05, 3.63) is 83.8 Å². The van der Waals surface area contributed by atoms with Crippen LogP contribution in [0, 0.1) is 11.6 Å². The summed E-state index contributed by atoms with van der Waals surface area (Å²) in [4.78, 5) is 18.7. The maximum atomic E-state index is 14.9. The van der Waals surface area contributed by atoms with Crippen molar-refractivity contribution in [3.63, 3.8) is 0 Å². The minimum atomic E-state index is -1.22. The first-order valence-corrected chi connectivity index (χ1v) is 12.0. The van der Waals surface area contributed by atoms with Crippen molar-refractivity contribution >= 4 is 17.2 Å². The highest BCUT2D eigenvalue weighted by atomic mass is 19.1. The van der Waals surface area contributed by atoms with Gasteiger partial charge in [0, 0.05) is 44.0 Å². The molecule has 2 aromatic carbocycles. The Balaban J connectivity index is 1.23. The Hall–Kier alpha value is -4.13. The number of hydrogen-bond acceptors (Lipinski definition) is 7. The van der Waals surface area contributed by atoms with E-state index in [0.717, 1.165) is 24.7 Å². The lowest BCUT2D eigenvalue weighted by atomic mass is 10.1. The third-order valence-corrected chi connectivity index (χ3v) is 6.04. The molecule has 1 fully saturated rings. The van der Waals surface area contributed by atoms with E-state index in [2.05, 4.69) is 25.6 Å². The summed E-state index contributed by atoms with van der Waals surface area (Å²) in [5.41, 5.74) is 2.37. The first-order chi connectivity index (χ1) is 18.4. The monoisotopic (exact) mass is 524 g/mol. The van der Waals surface area contributed by atoms with Gasteiger partial charge in [0.05, 0.1) is 13.2 Å². The lowest BCUT2D eigenvalue weighted by Gasteiger charge is -2.26. The molecule has 0 spiro atoms. The van der Waals surface area contributed by atoms with Gasteiger partial charge in [0.1, 0.15) is 23.9 Å². The third-order valence-electron chi connectivity index (χ3n) is 6.04. The van der Waals surface area contributed by atoms with Gasteiger partial charge in [-0.15, -0.1) is 0 Å². The number of carbonyl (C=O) groups excluding carboxylic acids is 1. The predicted octanol–water partition coefficient (Wildman–Crippen LogP) is 3.31. The summed E-state index contributed by atoms with van der Waals surface area (Å²) in [6.07, 6.45) is 1.99. The van der Waals surface area contributed by atoms with Gasteiger partial charge in [0.2, 0.25) is 5.88 Å². The van der Waals surface area contributed by atoms with Crippen molar-refractivity contribution < 1.29 is 28.2 Å². The van der Waals surface area contributed by atoms with E-state index in [1.54, 1.807) is 10.7 Å². The molecule has 10 nitrogen and oxygen atoms in total. The van der Waals surface area contributed by atoms with Gasteiger partial charge in [-0.1, -0.05) is 12.1 Å². The van der Waals surface area contributed by atoms with Crippen LogP contribution >= 0.6 is 0 Å². The molecule has 2 aromatic heterocycles. The molecule has 0 bridgehead atoms. The Morgan fingerprint density at radius 2 is 1.92 bits per heavy atom.